The number of carbonyl (C=O) groups excluding carboxylic acids is 1. The van der Waals surface area contributed by atoms with E-state index in [0.717, 1.165) is 5.75 Å². The first-order chi connectivity index (χ1) is 9.66. The van der Waals surface area contributed by atoms with Gasteiger partial charge in [0.15, 0.2) is 0 Å². The van der Waals surface area contributed by atoms with E-state index in [2.05, 4.69) is 10.4 Å². The highest BCUT2D eigenvalue weighted by Crippen LogP contribution is 2.10. The van der Waals surface area contributed by atoms with Crippen LogP contribution in [0.4, 0.5) is 0 Å². The molecule has 1 aromatic heterocycles. The summed E-state index contributed by atoms with van der Waals surface area (Å²) in [5.41, 5.74) is 0. The fraction of sp³-hybridized carbons (Fsp3) is 0.333. The summed E-state index contributed by atoms with van der Waals surface area (Å²) >= 11 is 0. The number of amides is 1. The van der Waals surface area contributed by atoms with E-state index in [1.807, 2.05) is 44.2 Å². The van der Waals surface area contributed by atoms with E-state index in [0.29, 0.717) is 6.54 Å². The van der Waals surface area contributed by atoms with E-state index in [1.165, 1.54) is 0 Å². The first-order valence-corrected chi connectivity index (χ1v) is 6.65. The molecule has 2 rings (SSSR count). The Morgan fingerprint density at radius 3 is 2.70 bits per heavy atom. The van der Waals surface area contributed by atoms with E-state index in [9.17, 15) is 4.79 Å². The highest BCUT2D eigenvalue weighted by molar-refractivity contribution is 5.79. The zero-order valence-electron chi connectivity index (χ0n) is 11.7. The van der Waals surface area contributed by atoms with Gasteiger partial charge in [0.25, 0.3) is 0 Å². The number of rotatable bonds is 6. The van der Waals surface area contributed by atoms with Crippen molar-refractivity contribution in [1.29, 1.82) is 0 Å². The van der Waals surface area contributed by atoms with Crippen molar-refractivity contribution in [2.45, 2.75) is 26.0 Å². The van der Waals surface area contributed by atoms with E-state index in [-0.39, 0.29) is 18.1 Å². The average Bonchev–Trinajstić information content (AvgIpc) is 2.99. The molecule has 5 heteroatoms. The molecule has 0 spiro atoms. The Labute approximate surface area is 118 Å². The number of hydrogen-bond acceptors (Lipinski definition) is 3. The van der Waals surface area contributed by atoms with Gasteiger partial charge in [0, 0.05) is 12.4 Å². The highest BCUT2D eigenvalue weighted by Gasteiger charge is 2.15. The predicted octanol–water partition coefficient (Wildman–Crippen LogP) is 2.03. The smallest absolute Gasteiger partial charge is 0.244 e. The van der Waals surface area contributed by atoms with Crippen LogP contribution in [0, 0.1) is 0 Å². The summed E-state index contributed by atoms with van der Waals surface area (Å²) in [5.74, 6) is 0.728. The van der Waals surface area contributed by atoms with Crippen molar-refractivity contribution in [3.05, 3.63) is 48.8 Å². The standard InChI is InChI=1S/C15H19N3O2/c1-12(20-14-7-4-3-5-8-14)11-16-15(19)13(2)18-10-6-9-17-18/h3-10,12-13H,11H2,1-2H3,(H,16,19)/t12-,13-/m1/s1. The maximum atomic E-state index is 12.0. The van der Waals surface area contributed by atoms with Gasteiger partial charge < -0.3 is 10.1 Å². The molecule has 1 heterocycles. The number of nitrogens with one attached hydrogen (secondary N) is 1. The molecule has 1 N–H and O–H groups in total. The van der Waals surface area contributed by atoms with Crippen molar-refractivity contribution < 1.29 is 9.53 Å². The Balaban J connectivity index is 1.78. The Morgan fingerprint density at radius 2 is 2.05 bits per heavy atom. The molecular weight excluding hydrogens is 254 g/mol. The lowest BCUT2D eigenvalue weighted by Crippen LogP contribution is -2.37. The first-order valence-electron chi connectivity index (χ1n) is 6.65. The summed E-state index contributed by atoms with van der Waals surface area (Å²) in [6.45, 7) is 4.19. The molecule has 0 aliphatic rings. The minimum Gasteiger partial charge on any atom is -0.489 e. The summed E-state index contributed by atoms with van der Waals surface area (Å²) < 4.78 is 7.32. The number of hydrogen-bond donors (Lipinski definition) is 1. The van der Waals surface area contributed by atoms with Gasteiger partial charge in [0.2, 0.25) is 5.91 Å². The van der Waals surface area contributed by atoms with Crippen molar-refractivity contribution in [3.63, 3.8) is 0 Å². The second-order valence-corrected chi connectivity index (χ2v) is 4.65. The zero-order valence-corrected chi connectivity index (χ0v) is 11.7. The molecule has 0 fully saturated rings. The van der Waals surface area contributed by atoms with E-state index in [1.54, 1.807) is 23.1 Å². The maximum Gasteiger partial charge on any atom is 0.244 e. The lowest BCUT2D eigenvalue weighted by atomic mass is 10.3. The van der Waals surface area contributed by atoms with Crippen LogP contribution in [0.2, 0.25) is 0 Å². The highest BCUT2D eigenvalue weighted by atomic mass is 16.5. The molecule has 0 unspecified atom stereocenters. The van der Waals surface area contributed by atoms with E-state index < -0.39 is 0 Å². The van der Waals surface area contributed by atoms with Crippen molar-refractivity contribution in [1.82, 2.24) is 15.1 Å². The number of nitrogens with zero attached hydrogens (tertiary/aromatic N) is 2. The molecule has 0 radical (unpaired) electrons. The number of carbonyl (C=O) groups is 1. The Hall–Kier alpha value is -2.30. The van der Waals surface area contributed by atoms with E-state index >= 15 is 0 Å². The van der Waals surface area contributed by atoms with Crippen LogP contribution in [0.5, 0.6) is 5.75 Å². The number of benzene rings is 1. The molecule has 0 aliphatic carbocycles. The number of ether oxygens (including phenoxy) is 1. The molecule has 2 atom stereocenters. The SMILES string of the molecule is C[C@H](CNC(=O)[C@@H](C)n1cccn1)Oc1ccccc1. The molecule has 1 amide bonds. The van der Waals surface area contributed by atoms with Crippen LogP contribution < -0.4 is 10.1 Å². The van der Waals surface area contributed by atoms with Crippen LogP contribution >= 0.6 is 0 Å². The van der Waals surface area contributed by atoms with Crippen LogP contribution in [0.3, 0.4) is 0 Å². The Bertz CT molecular complexity index is 525. The molecule has 2 aromatic rings. The number of aromatic nitrogens is 2. The summed E-state index contributed by atoms with van der Waals surface area (Å²) in [4.78, 5) is 12.0. The summed E-state index contributed by atoms with van der Waals surface area (Å²) in [7, 11) is 0. The van der Waals surface area contributed by atoms with Gasteiger partial charge >= 0.3 is 0 Å². The molecule has 20 heavy (non-hydrogen) atoms. The molecule has 1 aromatic carbocycles. The topological polar surface area (TPSA) is 56.2 Å². The quantitative estimate of drug-likeness (QED) is 0.876. The van der Waals surface area contributed by atoms with Crippen molar-refractivity contribution in [2.75, 3.05) is 6.54 Å². The monoisotopic (exact) mass is 273 g/mol. The fourth-order valence-corrected chi connectivity index (χ4v) is 1.79. The fourth-order valence-electron chi connectivity index (χ4n) is 1.79. The molecule has 0 saturated heterocycles. The van der Waals surface area contributed by atoms with Crippen LogP contribution in [0.25, 0.3) is 0 Å². The summed E-state index contributed by atoms with van der Waals surface area (Å²) in [5, 5.41) is 6.92. The Morgan fingerprint density at radius 1 is 1.30 bits per heavy atom. The van der Waals surface area contributed by atoms with Gasteiger partial charge in [0.1, 0.15) is 17.9 Å². The van der Waals surface area contributed by atoms with Gasteiger partial charge in [-0.2, -0.15) is 5.10 Å². The van der Waals surface area contributed by atoms with Gasteiger partial charge in [-0.15, -0.1) is 0 Å². The lowest BCUT2D eigenvalue weighted by molar-refractivity contribution is -0.124. The second kappa shape index (κ2) is 6.75. The molecule has 5 nitrogen and oxygen atoms in total. The minimum atomic E-state index is -0.325. The first kappa shape index (κ1) is 14.1. The normalized spacial score (nSPS) is 13.5. The third-order valence-corrected chi connectivity index (χ3v) is 2.95. The Kier molecular flexibility index (Phi) is 4.76. The van der Waals surface area contributed by atoms with Gasteiger partial charge in [-0.1, -0.05) is 18.2 Å². The van der Waals surface area contributed by atoms with Crippen molar-refractivity contribution in [2.24, 2.45) is 0 Å². The third-order valence-electron chi connectivity index (χ3n) is 2.95. The van der Waals surface area contributed by atoms with Crippen LogP contribution in [-0.4, -0.2) is 28.3 Å². The van der Waals surface area contributed by atoms with Crippen LogP contribution in [0.1, 0.15) is 19.9 Å². The van der Waals surface area contributed by atoms with Crippen LogP contribution in [-0.2, 0) is 4.79 Å². The van der Waals surface area contributed by atoms with Crippen molar-refractivity contribution in [3.8, 4) is 5.75 Å². The summed E-state index contributed by atoms with van der Waals surface area (Å²) in [6, 6.07) is 11.0. The number of para-hydroxylation sites is 1. The van der Waals surface area contributed by atoms with Gasteiger partial charge in [-0.3, -0.25) is 9.48 Å². The minimum absolute atomic E-state index is 0.0720. The second-order valence-electron chi connectivity index (χ2n) is 4.65. The third kappa shape index (κ3) is 3.85. The van der Waals surface area contributed by atoms with Gasteiger partial charge in [-0.05, 0) is 32.0 Å². The lowest BCUT2D eigenvalue weighted by Gasteiger charge is -2.17. The zero-order chi connectivity index (χ0) is 14.4. The molecule has 0 bridgehead atoms. The van der Waals surface area contributed by atoms with Crippen LogP contribution in [0.15, 0.2) is 48.8 Å². The van der Waals surface area contributed by atoms with Crippen molar-refractivity contribution >= 4 is 5.91 Å². The van der Waals surface area contributed by atoms with E-state index in [4.69, 9.17) is 4.74 Å². The summed E-state index contributed by atoms with van der Waals surface area (Å²) in [6.07, 6.45) is 3.34. The molecule has 0 saturated carbocycles. The van der Waals surface area contributed by atoms with Gasteiger partial charge in [0.05, 0.1) is 6.54 Å². The molecule has 0 aliphatic heterocycles. The predicted molar refractivity (Wildman–Crippen MR) is 76.5 cm³/mol. The van der Waals surface area contributed by atoms with Gasteiger partial charge in [-0.25, -0.2) is 0 Å². The maximum absolute atomic E-state index is 12.0. The largest absolute Gasteiger partial charge is 0.489 e. The molecular formula is C15H19N3O2. The molecule has 106 valence electrons. The average molecular weight is 273 g/mol.